The molecule has 1 saturated carbocycles. The number of benzene rings is 2. The highest BCUT2D eigenvalue weighted by Crippen LogP contribution is 2.54. The summed E-state index contributed by atoms with van der Waals surface area (Å²) in [5.41, 5.74) is 5.07. The zero-order valence-corrected chi connectivity index (χ0v) is 16.9. The van der Waals surface area contributed by atoms with Crippen molar-refractivity contribution >= 4 is 6.08 Å². The SMILES string of the molecule is C[C@]12Cc3cnn(-c4ccc(F)cc4)c3C=C1CCC[C@@H]2C(O)c1ccc(O)cc1. The predicted molar refractivity (Wildman–Crippen MR) is 114 cm³/mol. The van der Waals surface area contributed by atoms with E-state index in [4.69, 9.17) is 0 Å². The number of allylic oxidation sites excluding steroid dienone is 1. The van der Waals surface area contributed by atoms with Gasteiger partial charge in [0, 0.05) is 0 Å². The number of aliphatic hydroxyl groups is 1. The van der Waals surface area contributed by atoms with E-state index in [-0.39, 0.29) is 22.9 Å². The molecule has 30 heavy (non-hydrogen) atoms. The van der Waals surface area contributed by atoms with Crippen molar-refractivity contribution in [3.63, 3.8) is 0 Å². The normalized spacial score (nSPS) is 24.0. The monoisotopic (exact) mass is 404 g/mol. The third-order valence-electron chi connectivity index (χ3n) is 6.95. The molecule has 4 nitrogen and oxygen atoms in total. The van der Waals surface area contributed by atoms with Gasteiger partial charge in [-0.3, -0.25) is 0 Å². The van der Waals surface area contributed by atoms with Crippen LogP contribution in [0, 0.1) is 17.2 Å². The lowest BCUT2D eigenvalue weighted by molar-refractivity contribution is 0.0217. The topological polar surface area (TPSA) is 58.3 Å². The summed E-state index contributed by atoms with van der Waals surface area (Å²) in [5.74, 6) is 0.0327. The third kappa shape index (κ3) is 3.05. The van der Waals surface area contributed by atoms with Crippen molar-refractivity contribution in [1.29, 1.82) is 0 Å². The minimum atomic E-state index is -0.590. The molecule has 2 aromatic carbocycles. The Balaban J connectivity index is 1.51. The van der Waals surface area contributed by atoms with Gasteiger partial charge in [-0.2, -0.15) is 5.10 Å². The van der Waals surface area contributed by atoms with E-state index in [1.165, 1.54) is 17.7 Å². The van der Waals surface area contributed by atoms with Crippen LogP contribution in [0.1, 0.15) is 49.1 Å². The molecule has 0 spiro atoms. The van der Waals surface area contributed by atoms with Gasteiger partial charge in [0.25, 0.3) is 0 Å². The lowest BCUT2D eigenvalue weighted by Crippen LogP contribution is -2.40. The molecule has 1 aromatic heterocycles. The molecule has 3 atom stereocenters. The van der Waals surface area contributed by atoms with Crippen LogP contribution in [0.25, 0.3) is 11.8 Å². The first-order valence-corrected chi connectivity index (χ1v) is 10.5. The first-order valence-electron chi connectivity index (χ1n) is 10.5. The van der Waals surface area contributed by atoms with Crippen molar-refractivity contribution in [1.82, 2.24) is 9.78 Å². The molecule has 3 aromatic rings. The molecule has 2 N–H and O–H groups in total. The number of hydrogen-bond acceptors (Lipinski definition) is 3. The summed E-state index contributed by atoms with van der Waals surface area (Å²) in [5, 5.41) is 25.4. The average Bonchev–Trinajstić information content (AvgIpc) is 3.14. The van der Waals surface area contributed by atoms with Crippen LogP contribution in [0.3, 0.4) is 0 Å². The van der Waals surface area contributed by atoms with Gasteiger partial charge in [-0.15, -0.1) is 0 Å². The van der Waals surface area contributed by atoms with Gasteiger partial charge in [0.15, 0.2) is 0 Å². The molecule has 0 aliphatic heterocycles. The van der Waals surface area contributed by atoms with Crippen LogP contribution in [-0.4, -0.2) is 20.0 Å². The van der Waals surface area contributed by atoms with E-state index in [1.54, 1.807) is 24.3 Å². The van der Waals surface area contributed by atoms with E-state index in [0.29, 0.717) is 0 Å². The van der Waals surface area contributed by atoms with E-state index in [9.17, 15) is 14.6 Å². The van der Waals surface area contributed by atoms with Crippen molar-refractivity contribution < 1.29 is 14.6 Å². The smallest absolute Gasteiger partial charge is 0.123 e. The van der Waals surface area contributed by atoms with Crippen molar-refractivity contribution in [2.45, 2.75) is 38.7 Å². The maximum absolute atomic E-state index is 13.3. The van der Waals surface area contributed by atoms with Crippen LogP contribution in [0.2, 0.25) is 0 Å². The molecular formula is C25H25FN2O2. The molecule has 2 aliphatic rings. The summed E-state index contributed by atoms with van der Waals surface area (Å²) in [7, 11) is 0. The molecule has 1 unspecified atom stereocenters. The first kappa shape index (κ1) is 19.1. The number of nitrogens with zero attached hydrogens (tertiary/aromatic N) is 2. The van der Waals surface area contributed by atoms with Gasteiger partial charge in [0.1, 0.15) is 11.6 Å². The predicted octanol–water partition coefficient (Wildman–Crippen LogP) is 5.20. The summed E-state index contributed by atoms with van der Waals surface area (Å²) in [6.45, 7) is 2.25. The van der Waals surface area contributed by atoms with E-state index < -0.39 is 6.10 Å². The minimum absolute atomic E-state index is 0.0874. The maximum Gasteiger partial charge on any atom is 0.123 e. The Morgan fingerprint density at radius 3 is 2.60 bits per heavy atom. The van der Waals surface area contributed by atoms with Crippen LogP contribution < -0.4 is 0 Å². The van der Waals surface area contributed by atoms with Gasteiger partial charge in [0.2, 0.25) is 0 Å². The molecule has 0 radical (unpaired) electrons. The van der Waals surface area contributed by atoms with Crippen molar-refractivity contribution in [2.24, 2.45) is 11.3 Å². The number of phenolic OH excluding ortho intramolecular Hbond substituents is 1. The second-order valence-corrected chi connectivity index (χ2v) is 8.74. The average molecular weight is 404 g/mol. The van der Waals surface area contributed by atoms with E-state index in [0.717, 1.165) is 48.2 Å². The van der Waals surface area contributed by atoms with Gasteiger partial charge in [-0.1, -0.05) is 24.6 Å². The number of fused-ring (bicyclic) bond motifs is 2. The molecule has 5 rings (SSSR count). The van der Waals surface area contributed by atoms with Gasteiger partial charge in [0.05, 0.1) is 23.7 Å². The second-order valence-electron chi connectivity index (χ2n) is 8.74. The Labute approximate surface area is 175 Å². The van der Waals surface area contributed by atoms with Crippen molar-refractivity contribution in [2.75, 3.05) is 0 Å². The number of phenols is 1. The van der Waals surface area contributed by atoms with E-state index in [1.807, 2.05) is 23.0 Å². The van der Waals surface area contributed by atoms with E-state index >= 15 is 0 Å². The molecule has 0 saturated heterocycles. The van der Waals surface area contributed by atoms with Gasteiger partial charge in [-0.05, 0) is 90.6 Å². The lowest BCUT2D eigenvalue weighted by Gasteiger charge is -2.47. The second kappa shape index (κ2) is 7.10. The summed E-state index contributed by atoms with van der Waals surface area (Å²) < 4.78 is 15.2. The van der Waals surface area contributed by atoms with Crippen LogP contribution in [0.4, 0.5) is 4.39 Å². The highest BCUT2D eigenvalue weighted by Gasteiger charge is 2.46. The Hall–Kier alpha value is -2.92. The molecule has 0 amide bonds. The first-order chi connectivity index (χ1) is 14.5. The molecule has 0 bridgehead atoms. The summed E-state index contributed by atoms with van der Waals surface area (Å²) in [4.78, 5) is 0. The molecule has 1 heterocycles. The van der Waals surface area contributed by atoms with Gasteiger partial charge in [-0.25, -0.2) is 9.07 Å². The summed E-state index contributed by atoms with van der Waals surface area (Å²) >= 11 is 0. The zero-order valence-electron chi connectivity index (χ0n) is 16.9. The Kier molecular flexibility index (Phi) is 4.51. The van der Waals surface area contributed by atoms with Gasteiger partial charge < -0.3 is 10.2 Å². The number of aromatic hydroxyl groups is 1. The fourth-order valence-corrected chi connectivity index (χ4v) is 5.28. The number of rotatable bonds is 3. The number of aliphatic hydroxyl groups excluding tert-OH is 1. The molecular weight excluding hydrogens is 379 g/mol. The Morgan fingerprint density at radius 1 is 1.13 bits per heavy atom. The fourth-order valence-electron chi connectivity index (χ4n) is 5.28. The van der Waals surface area contributed by atoms with E-state index in [2.05, 4.69) is 18.1 Å². The number of hydrogen-bond donors (Lipinski definition) is 2. The largest absolute Gasteiger partial charge is 0.508 e. The highest BCUT2D eigenvalue weighted by molar-refractivity contribution is 5.61. The molecule has 2 aliphatic carbocycles. The standard InChI is InChI=1S/C25H25FN2O2/c1-25-14-17-15-27-28(20-9-7-19(26)8-10-20)23(17)13-18(25)3-2-4-22(25)24(30)16-5-11-21(29)12-6-16/h5-13,15,22,24,29-30H,2-4,14H2,1H3/t22-,24?,25+/m1/s1. The lowest BCUT2D eigenvalue weighted by atomic mass is 9.57. The highest BCUT2D eigenvalue weighted by atomic mass is 19.1. The fraction of sp³-hybridized carbons (Fsp3) is 0.320. The Morgan fingerprint density at radius 2 is 1.87 bits per heavy atom. The quantitative estimate of drug-likeness (QED) is 0.631. The summed E-state index contributed by atoms with van der Waals surface area (Å²) in [6, 6.07) is 13.3. The van der Waals surface area contributed by atoms with Crippen molar-refractivity contribution in [3.05, 3.63) is 82.9 Å². The zero-order chi connectivity index (χ0) is 20.9. The third-order valence-corrected chi connectivity index (χ3v) is 6.95. The van der Waals surface area contributed by atoms with Crippen LogP contribution in [0.5, 0.6) is 5.75 Å². The Bertz CT molecular complexity index is 1100. The van der Waals surface area contributed by atoms with Crippen LogP contribution >= 0.6 is 0 Å². The molecule has 154 valence electrons. The van der Waals surface area contributed by atoms with Crippen LogP contribution in [-0.2, 0) is 6.42 Å². The number of halogens is 1. The summed E-state index contributed by atoms with van der Waals surface area (Å²) in [6.07, 6.45) is 7.34. The van der Waals surface area contributed by atoms with Crippen molar-refractivity contribution in [3.8, 4) is 11.4 Å². The number of aromatic nitrogens is 2. The van der Waals surface area contributed by atoms with Gasteiger partial charge >= 0.3 is 0 Å². The molecule has 1 fully saturated rings. The molecule has 5 heteroatoms. The maximum atomic E-state index is 13.3. The van der Waals surface area contributed by atoms with Crippen LogP contribution in [0.15, 0.2) is 60.3 Å². The minimum Gasteiger partial charge on any atom is -0.508 e.